The van der Waals surface area contributed by atoms with Crippen LogP contribution in [0.5, 0.6) is 0 Å². The van der Waals surface area contributed by atoms with Crippen molar-refractivity contribution in [1.82, 2.24) is 9.38 Å². The lowest BCUT2D eigenvalue weighted by Gasteiger charge is -2.03. The third-order valence-corrected chi connectivity index (χ3v) is 2.72. The molecule has 2 rings (SSSR count). The van der Waals surface area contributed by atoms with E-state index < -0.39 is 0 Å². The number of rotatable bonds is 1. The van der Waals surface area contributed by atoms with Gasteiger partial charge in [-0.15, -0.1) is 11.8 Å². The summed E-state index contributed by atoms with van der Waals surface area (Å²) in [4.78, 5) is 15.4. The number of fused-ring (bicyclic) bond motifs is 1. The fourth-order valence-corrected chi connectivity index (χ4v) is 1.90. The summed E-state index contributed by atoms with van der Waals surface area (Å²) in [7, 11) is 0. The van der Waals surface area contributed by atoms with Gasteiger partial charge in [-0.25, -0.2) is 4.79 Å². The minimum absolute atomic E-state index is 0.353. The van der Waals surface area contributed by atoms with E-state index in [2.05, 4.69) is 11.1 Å². The summed E-state index contributed by atoms with van der Waals surface area (Å²) in [6.07, 6.45) is 3.40. The molecule has 4 nitrogen and oxygen atoms in total. The number of nitrogens with zero attached hydrogens (tertiary/aromatic N) is 3. The highest BCUT2D eigenvalue weighted by atomic mass is 32.2. The molecule has 0 bridgehead atoms. The van der Waals surface area contributed by atoms with Gasteiger partial charge in [-0.3, -0.25) is 4.40 Å². The van der Waals surface area contributed by atoms with E-state index in [1.165, 1.54) is 16.2 Å². The number of nitriles is 1. The van der Waals surface area contributed by atoms with Crippen LogP contribution in [0.2, 0.25) is 0 Å². The van der Waals surface area contributed by atoms with Crippen molar-refractivity contribution in [2.75, 3.05) is 6.26 Å². The Kier molecular flexibility index (Phi) is 2.44. The number of hydrogen-bond acceptors (Lipinski definition) is 4. The van der Waals surface area contributed by atoms with Gasteiger partial charge in [0.1, 0.15) is 16.7 Å². The van der Waals surface area contributed by atoms with Crippen LogP contribution in [0.3, 0.4) is 0 Å². The Morgan fingerprint density at radius 2 is 2.33 bits per heavy atom. The molecule has 0 aromatic carbocycles. The van der Waals surface area contributed by atoms with E-state index in [4.69, 9.17) is 5.26 Å². The minimum Gasteiger partial charge on any atom is -0.267 e. The molecule has 74 valence electrons. The second kappa shape index (κ2) is 3.75. The van der Waals surface area contributed by atoms with Gasteiger partial charge in [0, 0.05) is 6.20 Å². The quantitative estimate of drug-likeness (QED) is 0.533. The summed E-state index contributed by atoms with van der Waals surface area (Å²) in [5.74, 6) is 0. The fourth-order valence-electron chi connectivity index (χ4n) is 1.37. The maximum Gasteiger partial charge on any atom is 0.353 e. The molecule has 2 heterocycles. The molecule has 0 atom stereocenters. The monoisotopic (exact) mass is 217 g/mol. The van der Waals surface area contributed by atoms with Gasteiger partial charge in [-0.2, -0.15) is 10.2 Å². The Hall–Kier alpha value is -1.80. The lowest BCUT2D eigenvalue weighted by atomic mass is 10.2. The van der Waals surface area contributed by atoms with E-state index in [1.54, 1.807) is 30.7 Å². The highest BCUT2D eigenvalue weighted by molar-refractivity contribution is 7.98. The van der Waals surface area contributed by atoms with E-state index in [0.29, 0.717) is 16.1 Å². The molecule has 0 spiro atoms. The second-order valence-electron chi connectivity index (χ2n) is 2.85. The molecule has 15 heavy (non-hydrogen) atoms. The molecule has 0 saturated carbocycles. The molecule has 0 unspecified atom stereocenters. The van der Waals surface area contributed by atoms with E-state index >= 15 is 0 Å². The van der Waals surface area contributed by atoms with Crippen molar-refractivity contribution in [1.29, 1.82) is 5.26 Å². The lowest BCUT2D eigenvalue weighted by Crippen LogP contribution is -2.18. The van der Waals surface area contributed by atoms with Crippen LogP contribution >= 0.6 is 11.8 Å². The van der Waals surface area contributed by atoms with Crippen molar-refractivity contribution in [3.63, 3.8) is 0 Å². The average Bonchev–Trinajstić information content (AvgIpc) is 2.29. The molecule has 5 heteroatoms. The Morgan fingerprint density at radius 1 is 1.53 bits per heavy atom. The van der Waals surface area contributed by atoms with Crippen molar-refractivity contribution in [3.8, 4) is 6.07 Å². The zero-order chi connectivity index (χ0) is 10.8. The normalized spacial score (nSPS) is 10.1. The molecule has 0 aliphatic rings. The highest BCUT2D eigenvalue weighted by Gasteiger charge is 2.09. The van der Waals surface area contributed by atoms with Gasteiger partial charge in [0.25, 0.3) is 0 Å². The zero-order valence-corrected chi connectivity index (χ0v) is 8.78. The number of pyridine rings is 1. The van der Waals surface area contributed by atoms with Gasteiger partial charge in [0.2, 0.25) is 0 Å². The first-order valence-corrected chi connectivity index (χ1v) is 5.46. The predicted molar refractivity (Wildman–Crippen MR) is 58.0 cm³/mol. The number of aromatic nitrogens is 2. The molecule has 0 N–H and O–H groups in total. The van der Waals surface area contributed by atoms with Crippen LogP contribution in [0.1, 0.15) is 5.56 Å². The Labute approximate surface area is 90.2 Å². The van der Waals surface area contributed by atoms with E-state index in [1.807, 2.05) is 0 Å². The van der Waals surface area contributed by atoms with Crippen LogP contribution in [0.25, 0.3) is 5.52 Å². The number of thioether (sulfide) groups is 1. The Balaban J connectivity index is 3.00. The Morgan fingerprint density at radius 3 is 3.00 bits per heavy atom. The molecule has 0 radical (unpaired) electrons. The molecule has 2 aromatic heterocycles. The first kappa shape index (κ1) is 9.74. The maximum atomic E-state index is 11.6. The average molecular weight is 217 g/mol. The van der Waals surface area contributed by atoms with Crippen molar-refractivity contribution < 1.29 is 0 Å². The summed E-state index contributed by atoms with van der Waals surface area (Å²) in [6.45, 7) is 0. The molecular formula is C10H7N3OS. The molecule has 0 aliphatic heterocycles. The topological polar surface area (TPSA) is 58.2 Å². The van der Waals surface area contributed by atoms with Crippen molar-refractivity contribution in [2.45, 2.75) is 5.03 Å². The summed E-state index contributed by atoms with van der Waals surface area (Å²) in [5, 5.41) is 9.50. The van der Waals surface area contributed by atoms with Gasteiger partial charge < -0.3 is 0 Å². The van der Waals surface area contributed by atoms with Crippen LogP contribution < -0.4 is 5.69 Å². The highest BCUT2D eigenvalue weighted by Crippen LogP contribution is 2.18. The third kappa shape index (κ3) is 1.49. The standard InChI is InChI=1S/C10H7N3OS/c1-15-9-7(6-11)8-4-2-3-5-13(8)10(14)12-9/h2-5H,1H3. The second-order valence-corrected chi connectivity index (χ2v) is 3.64. The first-order valence-electron chi connectivity index (χ1n) is 4.23. The summed E-state index contributed by atoms with van der Waals surface area (Å²) < 4.78 is 1.37. The van der Waals surface area contributed by atoms with Crippen molar-refractivity contribution in [3.05, 3.63) is 40.4 Å². The molecular weight excluding hydrogens is 210 g/mol. The van der Waals surface area contributed by atoms with E-state index in [0.717, 1.165) is 0 Å². The number of hydrogen-bond donors (Lipinski definition) is 0. The van der Waals surface area contributed by atoms with Gasteiger partial charge in [-0.05, 0) is 18.4 Å². The molecule has 0 saturated heterocycles. The van der Waals surface area contributed by atoms with Gasteiger partial charge in [0.05, 0.1) is 5.52 Å². The summed E-state index contributed by atoms with van der Waals surface area (Å²) >= 11 is 1.30. The molecule has 2 aromatic rings. The zero-order valence-electron chi connectivity index (χ0n) is 7.97. The predicted octanol–water partition coefficient (Wildman–Crippen LogP) is 1.29. The summed E-state index contributed by atoms with van der Waals surface area (Å²) in [5.41, 5.74) is 0.695. The van der Waals surface area contributed by atoms with Crippen LogP contribution in [-0.2, 0) is 0 Å². The van der Waals surface area contributed by atoms with Crippen LogP contribution in [0.15, 0.2) is 34.2 Å². The largest absolute Gasteiger partial charge is 0.353 e. The van der Waals surface area contributed by atoms with Gasteiger partial charge >= 0.3 is 5.69 Å². The molecule has 0 amide bonds. The Bertz CT molecular complexity index is 612. The van der Waals surface area contributed by atoms with Gasteiger partial charge in [-0.1, -0.05) is 6.07 Å². The van der Waals surface area contributed by atoms with Crippen LogP contribution in [-0.4, -0.2) is 15.6 Å². The van der Waals surface area contributed by atoms with Crippen molar-refractivity contribution >= 4 is 17.3 Å². The molecule has 0 aliphatic carbocycles. The smallest absolute Gasteiger partial charge is 0.267 e. The van der Waals surface area contributed by atoms with Crippen LogP contribution in [0.4, 0.5) is 0 Å². The minimum atomic E-state index is -0.353. The first-order chi connectivity index (χ1) is 7.27. The SMILES string of the molecule is CSc1nc(=O)n2ccccc2c1C#N. The lowest BCUT2D eigenvalue weighted by molar-refractivity contribution is 0.923. The van der Waals surface area contributed by atoms with E-state index in [9.17, 15) is 4.79 Å². The van der Waals surface area contributed by atoms with Gasteiger partial charge in [0.15, 0.2) is 0 Å². The maximum absolute atomic E-state index is 11.6. The van der Waals surface area contributed by atoms with Crippen molar-refractivity contribution in [2.24, 2.45) is 0 Å². The third-order valence-electron chi connectivity index (χ3n) is 2.04. The van der Waals surface area contributed by atoms with E-state index in [-0.39, 0.29) is 5.69 Å². The molecule has 0 fully saturated rings. The van der Waals surface area contributed by atoms with Crippen LogP contribution in [0, 0.1) is 11.3 Å². The summed E-state index contributed by atoms with van der Waals surface area (Å²) in [6, 6.07) is 7.33. The fraction of sp³-hybridized carbons (Fsp3) is 0.100.